The van der Waals surface area contributed by atoms with Crippen LogP contribution in [0.4, 0.5) is 0 Å². The molecule has 186 valence electrons. The fourth-order valence-corrected chi connectivity index (χ4v) is 4.70. The second-order valence-electron chi connectivity index (χ2n) is 8.62. The lowest BCUT2D eigenvalue weighted by Crippen LogP contribution is -2.40. The van der Waals surface area contributed by atoms with Crippen LogP contribution in [0.2, 0.25) is 5.02 Å². The second kappa shape index (κ2) is 9.98. The lowest BCUT2D eigenvalue weighted by molar-refractivity contribution is 0.0704. The van der Waals surface area contributed by atoms with Crippen LogP contribution in [-0.2, 0) is 6.54 Å². The molecule has 1 atom stereocenters. The normalized spacial score (nSPS) is 15.8. The molecule has 0 aliphatic carbocycles. The summed E-state index contributed by atoms with van der Waals surface area (Å²) >= 11 is 6.31. The number of hydrogen-bond donors (Lipinski definition) is 1. The van der Waals surface area contributed by atoms with E-state index in [4.69, 9.17) is 26.1 Å². The van der Waals surface area contributed by atoms with Crippen LogP contribution in [0.15, 0.2) is 47.3 Å². The molecule has 5 rings (SSSR count). The third-order valence-corrected chi connectivity index (χ3v) is 6.76. The number of piperidine rings is 1. The zero-order valence-electron chi connectivity index (χ0n) is 19.9. The summed E-state index contributed by atoms with van der Waals surface area (Å²) in [6.45, 7) is 1.37. The molecular weight excluding hydrogens is 484 g/mol. The van der Waals surface area contributed by atoms with Gasteiger partial charge in [-0.15, -0.1) is 5.10 Å². The number of rotatable bonds is 6. The van der Waals surface area contributed by atoms with E-state index in [2.05, 4.69) is 15.3 Å². The summed E-state index contributed by atoms with van der Waals surface area (Å²) < 4.78 is 12.2. The molecule has 10 nitrogen and oxygen atoms in total. The molecule has 1 N–H and O–H groups in total. The van der Waals surface area contributed by atoms with Gasteiger partial charge in [-0.2, -0.15) is 0 Å². The molecule has 0 saturated carbocycles. The Bertz CT molecular complexity index is 1480. The molecule has 0 unspecified atom stereocenters. The molecular formula is C25H25ClN6O4. The van der Waals surface area contributed by atoms with Crippen molar-refractivity contribution in [1.82, 2.24) is 29.9 Å². The predicted molar refractivity (Wildman–Crippen MR) is 134 cm³/mol. The Kier molecular flexibility index (Phi) is 6.60. The molecule has 1 aliphatic heterocycles. The number of H-pyrrole nitrogens is 1. The van der Waals surface area contributed by atoms with Gasteiger partial charge in [0.15, 0.2) is 22.7 Å². The van der Waals surface area contributed by atoms with Gasteiger partial charge in [-0.25, -0.2) is 9.67 Å². The number of likely N-dealkylation sites (tertiary alicyclic amines) is 1. The minimum absolute atomic E-state index is 0.116. The highest BCUT2D eigenvalue weighted by Gasteiger charge is 2.28. The van der Waals surface area contributed by atoms with Gasteiger partial charge in [-0.1, -0.05) is 35.0 Å². The predicted octanol–water partition coefficient (Wildman–Crippen LogP) is 3.25. The van der Waals surface area contributed by atoms with E-state index in [1.807, 2.05) is 18.2 Å². The van der Waals surface area contributed by atoms with E-state index in [1.54, 1.807) is 41.0 Å². The first kappa shape index (κ1) is 23.8. The number of methoxy groups -OCH3 is 2. The zero-order chi connectivity index (χ0) is 25.2. The molecule has 1 fully saturated rings. The Labute approximate surface area is 211 Å². The monoisotopic (exact) mass is 508 g/mol. The Balaban J connectivity index is 1.41. The highest BCUT2D eigenvalue weighted by molar-refractivity contribution is 6.31. The van der Waals surface area contributed by atoms with Crippen molar-refractivity contribution in [2.24, 2.45) is 0 Å². The highest BCUT2D eigenvalue weighted by atomic mass is 35.5. The summed E-state index contributed by atoms with van der Waals surface area (Å²) in [5, 5.41) is 8.75. The quantitative estimate of drug-likeness (QED) is 0.425. The number of amides is 1. The van der Waals surface area contributed by atoms with Crippen molar-refractivity contribution < 1.29 is 14.3 Å². The number of carbonyl (C=O) groups is 1. The molecule has 11 heteroatoms. The Morgan fingerprint density at radius 2 is 1.97 bits per heavy atom. The maximum atomic E-state index is 13.3. The van der Waals surface area contributed by atoms with Gasteiger partial charge in [0.2, 0.25) is 0 Å². The van der Waals surface area contributed by atoms with Gasteiger partial charge in [0, 0.05) is 29.6 Å². The van der Waals surface area contributed by atoms with Crippen molar-refractivity contribution in [3.63, 3.8) is 0 Å². The van der Waals surface area contributed by atoms with Crippen LogP contribution >= 0.6 is 11.6 Å². The molecule has 1 saturated heterocycles. The minimum atomic E-state index is -0.358. The molecule has 36 heavy (non-hydrogen) atoms. The second-order valence-corrected chi connectivity index (χ2v) is 9.03. The zero-order valence-corrected chi connectivity index (χ0v) is 20.7. The van der Waals surface area contributed by atoms with Gasteiger partial charge in [0.05, 0.1) is 20.8 Å². The number of aromatic nitrogens is 5. The fraction of sp³-hybridized carbons (Fsp3) is 0.320. The topological polar surface area (TPSA) is 115 Å². The molecule has 0 bridgehead atoms. The van der Waals surface area contributed by atoms with Crippen LogP contribution in [0.5, 0.6) is 11.5 Å². The first-order chi connectivity index (χ1) is 17.5. The summed E-state index contributed by atoms with van der Waals surface area (Å²) in [5.74, 6) is 1.31. The Hall–Kier alpha value is -3.92. The molecule has 4 aromatic rings. The van der Waals surface area contributed by atoms with Crippen molar-refractivity contribution in [3.05, 3.63) is 74.8 Å². The minimum Gasteiger partial charge on any atom is -0.493 e. The number of hydrogen-bond acceptors (Lipinski definition) is 7. The number of benzene rings is 2. The lowest BCUT2D eigenvalue weighted by Gasteiger charge is -2.32. The fourth-order valence-electron chi connectivity index (χ4n) is 4.51. The Morgan fingerprint density at radius 3 is 2.75 bits per heavy atom. The van der Waals surface area contributed by atoms with E-state index in [9.17, 15) is 9.59 Å². The van der Waals surface area contributed by atoms with Crippen molar-refractivity contribution in [2.45, 2.75) is 25.3 Å². The van der Waals surface area contributed by atoms with Crippen LogP contribution in [-0.4, -0.2) is 63.1 Å². The number of aromatic amines is 1. The van der Waals surface area contributed by atoms with E-state index in [1.165, 1.54) is 7.11 Å². The molecule has 1 amide bonds. The third kappa shape index (κ3) is 4.51. The summed E-state index contributed by atoms with van der Waals surface area (Å²) in [6.07, 6.45) is 1.57. The van der Waals surface area contributed by atoms with Crippen molar-refractivity contribution in [2.75, 3.05) is 27.3 Å². The average molecular weight is 509 g/mol. The maximum absolute atomic E-state index is 13.3. The summed E-state index contributed by atoms with van der Waals surface area (Å²) in [7, 11) is 3.08. The molecule has 0 spiro atoms. The SMILES string of the molecule is COc1ccc(C(=O)N2CCC[C@@H](c3nc4c(nnn4Cc4ccccc4Cl)c(=O)[nH]3)C2)cc1OC. The molecule has 2 aromatic heterocycles. The number of carbonyl (C=O) groups excluding carboxylic acids is 1. The average Bonchev–Trinajstić information content (AvgIpc) is 3.32. The van der Waals surface area contributed by atoms with E-state index in [-0.39, 0.29) is 22.9 Å². The van der Waals surface area contributed by atoms with E-state index < -0.39 is 0 Å². The number of nitrogens with zero attached hydrogens (tertiary/aromatic N) is 5. The Morgan fingerprint density at radius 1 is 1.17 bits per heavy atom. The first-order valence-corrected chi connectivity index (χ1v) is 11.9. The van der Waals surface area contributed by atoms with Crippen LogP contribution in [0.25, 0.3) is 11.2 Å². The number of ether oxygens (including phenoxy) is 2. The van der Waals surface area contributed by atoms with Crippen LogP contribution in [0.1, 0.15) is 40.5 Å². The van der Waals surface area contributed by atoms with Gasteiger partial charge in [-0.3, -0.25) is 9.59 Å². The van der Waals surface area contributed by atoms with Gasteiger partial charge < -0.3 is 19.4 Å². The summed E-state index contributed by atoms with van der Waals surface area (Å²) in [5.41, 5.74) is 1.55. The van der Waals surface area contributed by atoms with Crippen LogP contribution in [0, 0.1) is 0 Å². The standard InChI is InChI=1S/C25H25ClN6O4/c1-35-19-10-9-15(12-20(19)36-2)25(34)31-11-5-7-17(13-31)22-27-23-21(24(33)28-22)29-30-32(23)14-16-6-3-4-8-18(16)26/h3-4,6,8-10,12,17H,5,7,11,13-14H2,1-2H3,(H,27,28,33)/t17-/m1/s1. The van der Waals surface area contributed by atoms with Crippen molar-refractivity contribution in [3.8, 4) is 11.5 Å². The lowest BCUT2D eigenvalue weighted by atomic mass is 9.96. The van der Waals surface area contributed by atoms with E-state index in [0.717, 1.165) is 18.4 Å². The number of nitrogens with one attached hydrogen (secondary N) is 1. The number of halogens is 1. The largest absolute Gasteiger partial charge is 0.493 e. The van der Waals surface area contributed by atoms with Crippen molar-refractivity contribution in [1.29, 1.82) is 0 Å². The molecule has 1 aliphatic rings. The van der Waals surface area contributed by atoms with Crippen LogP contribution < -0.4 is 15.0 Å². The van der Waals surface area contributed by atoms with Gasteiger partial charge in [0.1, 0.15) is 5.82 Å². The molecule has 0 radical (unpaired) electrons. The molecule has 3 heterocycles. The summed E-state index contributed by atoms with van der Waals surface area (Å²) in [4.78, 5) is 35.4. The molecule has 2 aromatic carbocycles. The van der Waals surface area contributed by atoms with Gasteiger partial charge >= 0.3 is 0 Å². The smallest absolute Gasteiger partial charge is 0.281 e. The third-order valence-electron chi connectivity index (χ3n) is 6.40. The van der Waals surface area contributed by atoms with E-state index >= 15 is 0 Å². The summed E-state index contributed by atoms with van der Waals surface area (Å²) in [6, 6.07) is 12.5. The van der Waals surface area contributed by atoms with Crippen LogP contribution in [0.3, 0.4) is 0 Å². The highest BCUT2D eigenvalue weighted by Crippen LogP contribution is 2.30. The van der Waals surface area contributed by atoms with E-state index in [0.29, 0.717) is 53.2 Å². The number of fused-ring (bicyclic) bond motifs is 1. The maximum Gasteiger partial charge on any atom is 0.281 e. The first-order valence-electron chi connectivity index (χ1n) is 11.6. The van der Waals surface area contributed by atoms with Gasteiger partial charge in [-0.05, 0) is 42.7 Å². The van der Waals surface area contributed by atoms with Crippen molar-refractivity contribution >= 4 is 28.7 Å². The van der Waals surface area contributed by atoms with Gasteiger partial charge in [0.25, 0.3) is 11.5 Å².